The van der Waals surface area contributed by atoms with Crippen LogP contribution in [0.4, 0.5) is 4.39 Å². The molecule has 9 heteroatoms. The lowest BCUT2D eigenvalue weighted by atomic mass is 9.89. The number of para-hydroxylation sites is 1. The van der Waals surface area contributed by atoms with Gasteiger partial charge < -0.3 is 9.64 Å². The van der Waals surface area contributed by atoms with Crippen molar-refractivity contribution in [2.75, 3.05) is 13.1 Å². The summed E-state index contributed by atoms with van der Waals surface area (Å²) >= 11 is 0. The quantitative estimate of drug-likeness (QED) is 0.799. The second-order valence-corrected chi connectivity index (χ2v) is 9.41. The zero-order valence-electron chi connectivity index (χ0n) is 16.3. The van der Waals surface area contributed by atoms with Gasteiger partial charge in [-0.15, -0.1) is 0 Å². The van der Waals surface area contributed by atoms with Crippen LogP contribution in [0, 0.1) is 5.82 Å². The molecule has 2 aliphatic rings. The van der Waals surface area contributed by atoms with Crippen LogP contribution in [0.5, 0.6) is 5.75 Å². The number of amides is 1. The van der Waals surface area contributed by atoms with Crippen LogP contribution in [0.15, 0.2) is 53.4 Å². The number of nitrogens with zero attached hydrogens (tertiary/aromatic N) is 1. The van der Waals surface area contributed by atoms with Gasteiger partial charge in [0.1, 0.15) is 17.2 Å². The minimum absolute atomic E-state index is 0.0361. The van der Waals surface area contributed by atoms with Crippen molar-refractivity contribution in [3.05, 3.63) is 59.9 Å². The molecule has 0 radical (unpaired) electrons. The number of hydrogen-bond donors (Lipinski definition) is 1. The molecule has 2 unspecified atom stereocenters. The third kappa shape index (κ3) is 3.82. The zero-order chi connectivity index (χ0) is 21.5. The molecule has 4 rings (SSSR count). The molecule has 0 saturated carbocycles. The number of sulfonamides is 1. The predicted octanol–water partition coefficient (Wildman–Crippen LogP) is 2.13. The van der Waals surface area contributed by atoms with Crippen molar-refractivity contribution in [3.8, 4) is 5.75 Å². The van der Waals surface area contributed by atoms with Crippen molar-refractivity contribution in [2.24, 2.45) is 0 Å². The van der Waals surface area contributed by atoms with E-state index in [1.165, 1.54) is 24.0 Å². The lowest BCUT2D eigenvalue weighted by Crippen LogP contribution is -2.49. The van der Waals surface area contributed by atoms with Gasteiger partial charge in [-0.25, -0.2) is 12.8 Å². The minimum Gasteiger partial charge on any atom is -0.484 e. The van der Waals surface area contributed by atoms with Gasteiger partial charge in [0.2, 0.25) is 15.9 Å². The van der Waals surface area contributed by atoms with Gasteiger partial charge in [0.25, 0.3) is 0 Å². The minimum atomic E-state index is -4.06. The van der Waals surface area contributed by atoms with E-state index in [1.54, 1.807) is 24.3 Å². The van der Waals surface area contributed by atoms with Gasteiger partial charge >= 0.3 is 0 Å². The third-order valence-electron chi connectivity index (χ3n) is 5.43. The Hall–Kier alpha value is -2.78. The highest BCUT2D eigenvalue weighted by atomic mass is 32.2. The Kier molecular flexibility index (Phi) is 5.11. The Morgan fingerprint density at radius 2 is 2.00 bits per heavy atom. The maximum atomic E-state index is 13.4. The van der Waals surface area contributed by atoms with Crippen molar-refractivity contribution in [3.63, 3.8) is 0 Å². The lowest BCUT2D eigenvalue weighted by Gasteiger charge is -2.34. The number of carbonyl (C=O) groups is 2. The number of fused-ring (bicyclic) bond motifs is 1. The Morgan fingerprint density at radius 3 is 2.77 bits per heavy atom. The highest BCUT2D eigenvalue weighted by Crippen LogP contribution is 2.38. The predicted molar refractivity (Wildman–Crippen MR) is 106 cm³/mol. The molecule has 2 atom stereocenters. The highest BCUT2D eigenvalue weighted by Gasteiger charge is 2.47. The molecule has 2 aliphatic heterocycles. The maximum absolute atomic E-state index is 13.4. The van der Waals surface area contributed by atoms with E-state index in [0.29, 0.717) is 24.3 Å². The second-order valence-electron chi connectivity index (χ2n) is 7.69. The van der Waals surface area contributed by atoms with Gasteiger partial charge in [0.15, 0.2) is 5.78 Å². The van der Waals surface area contributed by atoms with Gasteiger partial charge in [0, 0.05) is 13.0 Å². The fourth-order valence-corrected chi connectivity index (χ4v) is 5.19. The van der Waals surface area contributed by atoms with Gasteiger partial charge in [-0.2, -0.15) is 4.72 Å². The number of hydrogen-bond acceptors (Lipinski definition) is 5. The number of Topliss-reactive ketones (excluding diaryl/α,β-unsaturated/α-hetero) is 1. The fraction of sp³-hybridized carbons (Fsp3) is 0.333. The number of ether oxygens (including phenoxy) is 1. The van der Waals surface area contributed by atoms with Crippen LogP contribution in [0.3, 0.4) is 0 Å². The number of carbonyl (C=O) groups excluding carboxylic acids is 2. The number of benzene rings is 2. The van der Waals surface area contributed by atoms with E-state index in [0.717, 1.165) is 12.1 Å². The summed E-state index contributed by atoms with van der Waals surface area (Å²) in [5.41, 5.74) is -0.272. The average Bonchev–Trinajstić information content (AvgIpc) is 3.10. The molecule has 30 heavy (non-hydrogen) atoms. The van der Waals surface area contributed by atoms with Crippen molar-refractivity contribution in [1.29, 1.82) is 0 Å². The van der Waals surface area contributed by atoms with Crippen LogP contribution < -0.4 is 9.46 Å². The molecule has 1 fully saturated rings. The van der Waals surface area contributed by atoms with E-state index < -0.39 is 33.4 Å². The van der Waals surface area contributed by atoms with Crippen LogP contribution in [-0.2, 0) is 14.8 Å². The number of halogens is 1. The zero-order valence-corrected chi connectivity index (χ0v) is 17.1. The Morgan fingerprint density at radius 1 is 1.23 bits per heavy atom. The Balaban J connectivity index is 1.46. The first-order valence-electron chi connectivity index (χ1n) is 9.57. The summed E-state index contributed by atoms with van der Waals surface area (Å²) < 4.78 is 46.7. The van der Waals surface area contributed by atoms with Crippen molar-refractivity contribution < 1.29 is 27.1 Å². The summed E-state index contributed by atoms with van der Waals surface area (Å²) in [5, 5.41) is 0. The molecule has 2 heterocycles. The van der Waals surface area contributed by atoms with E-state index in [4.69, 9.17) is 4.74 Å². The standard InChI is InChI=1S/C21H21FN2O5S/c1-14(23-30(27,28)16-6-4-5-15(22)11-16)20(26)24-10-9-21(13-24)12-18(25)17-7-2-3-8-19(17)29-21/h2-8,11,14,23H,9-10,12-13H2,1H3. The van der Waals surface area contributed by atoms with Gasteiger partial charge in [-0.1, -0.05) is 18.2 Å². The molecule has 1 saturated heterocycles. The number of likely N-dealkylation sites (tertiary alicyclic amines) is 1. The van der Waals surface area contributed by atoms with Crippen LogP contribution in [0.1, 0.15) is 30.1 Å². The molecule has 1 N–H and O–H groups in total. The first kappa shape index (κ1) is 20.5. The molecule has 158 valence electrons. The fourth-order valence-electron chi connectivity index (χ4n) is 3.96. The molecule has 1 amide bonds. The largest absolute Gasteiger partial charge is 0.484 e. The van der Waals surface area contributed by atoms with Crippen molar-refractivity contribution >= 4 is 21.7 Å². The van der Waals surface area contributed by atoms with E-state index in [9.17, 15) is 22.4 Å². The first-order chi connectivity index (χ1) is 14.2. The molecule has 7 nitrogen and oxygen atoms in total. The Bertz CT molecular complexity index is 1120. The highest BCUT2D eigenvalue weighted by molar-refractivity contribution is 7.89. The number of ketones is 1. The SMILES string of the molecule is CC(NS(=O)(=O)c1cccc(F)c1)C(=O)N1CCC2(CC(=O)c3ccccc3O2)C1. The third-order valence-corrected chi connectivity index (χ3v) is 6.97. The number of rotatable bonds is 4. The lowest BCUT2D eigenvalue weighted by molar-refractivity contribution is -0.132. The molecule has 1 spiro atoms. The topological polar surface area (TPSA) is 92.8 Å². The van der Waals surface area contributed by atoms with Crippen LogP contribution in [-0.4, -0.2) is 49.7 Å². The molecule has 0 aromatic heterocycles. The summed E-state index contributed by atoms with van der Waals surface area (Å²) in [6, 6.07) is 10.5. The normalized spacial score (nSPS) is 21.9. The molecule has 0 bridgehead atoms. The van der Waals surface area contributed by atoms with Gasteiger partial charge in [-0.05, 0) is 37.3 Å². The van der Waals surface area contributed by atoms with E-state index in [1.807, 2.05) is 0 Å². The van der Waals surface area contributed by atoms with E-state index >= 15 is 0 Å². The summed E-state index contributed by atoms with van der Waals surface area (Å²) in [6.07, 6.45) is 0.638. The summed E-state index contributed by atoms with van der Waals surface area (Å²) in [7, 11) is -4.06. The average molecular weight is 432 g/mol. The van der Waals surface area contributed by atoms with E-state index in [-0.39, 0.29) is 23.6 Å². The molecule has 2 aromatic carbocycles. The molecular weight excluding hydrogens is 411 g/mol. The van der Waals surface area contributed by atoms with Crippen LogP contribution in [0.2, 0.25) is 0 Å². The Labute approximate surface area is 173 Å². The van der Waals surface area contributed by atoms with Gasteiger partial charge in [0.05, 0.1) is 29.5 Å². The van der Waals surface area contributed by atoms with Crippen LogP contribution in [0.25, 0.3) is 0 Å². The maximum Gasteiger partial charge on any atom is 0.241 e. The molecule has 0 aliphatic carbocycles. The first-order valence-corrected chi connectivity index (χ1v) is 11.1. The molecular formula is C21H21FN2O5S. The number of nitrogens with one attached hydrogen (secondary N) is 1. The van der Waals surface area contributed by atoms with Crippen molar-refractivity contribution in [2.45, 2.75) is 36.3 Å². The second kappa shape index (κ2) is 7.48. The molecule has 2 aromatic rings. The summed E-state index contributed by atoms with van der Waals surface area (Å²) in [6.45, 7) is 1.98. The van der Waals surface area contributed by atoms with Crippen LogP contribution >= 0.6 is 0 Å². The van der Waals surface area contributed by atoms with E-state index in [2.05, 4.69) is 4.72 Å². The summed E-state index contributed by atoms with van der Waals surface area (Å²) in [4.78, 5) is 26.6. The van der Waals surface area contributed by atoms with Gasteiger partial charge in [-0.3, -0.25) is 9.59 Å². The smallest absolute Gasteiger partial charge is 0.241 e. The summed E-state index contributed by atoms with van der Waals surface area (Å²) in [5.74, 6) is -0.645. The monoisotopic (exact) mass is 432 g/mol. The van der Waals surface area contributed by atoms with Crippen molar-refractivity contribution in [1.82, 2.24) is 9.62 Å².